The van der Waals surface area contributed by atoms with E-state index in [1.165, 1.54) is 0 Å². The van der Waals surface area contributed by atoms with E-state index in [2.05, 4.69) is 35.2 Å². The van der Waals surface area contributed by atoms with Crippen LogP contribution in [-0.2, 0) is 21.7 Å². The number of carbonyl (C=O) groups is 2. The van der Waals surface area contributed by atoms with E-state index in [0.717, 1.165) is 29.7 Å². The fourth-order valence-electron chi connectivity index (χ4n) is 4.84. The van der Waals surface area contributed by atoms with Crippen molar-refractivity contribution >= 4 is 25.7 Å². The zero-order valence-corrected chi connectivity index (χ0v) is 20.0. The Hall–Kier alpha value is -2.45. The molecule has 8 heteroatoms. The molecule has 31 heavy (non-hydrogen) atoms. The van der Waals surface area contributed by atoms with Crippen LogP contribution in [-0.4, -0.2) is 46.7 Å². The second-order valence-corrected chi connectivity index (χ2v) is 15.8. The summed E-state index contributed by atoms with van der Waals surface area (Å²) >= 11 is 0. The smallest absolute Gasteiger partial charge is 0.233 e. The van der Waals surface area contributed by atoms with Crippen LogP contribution in [0.15, 0.2) is 30.3 Å². The molecular weight excluding hydrogens is 408 g/mol. The minimum atomic E-state index is -1.66. The number of anilines is 1. The number of aromatic amines is 1. The van der Waals surface area contributed by atoms with Crippen molar-refractivity contribution in [2.75, 3.05) is 11.9 Å². The van der Waals surface area contributed by atoms with Crippen LogP contribution in [0.1, 0.15) is 49.4 Å². The normalized spacial score (nSPS) is 19.6. The van der Waals surface area contributed by atoms with Gasteiger partial charge in [0.05, 0.1) is 38.4 Å². The third kappa shape index (κ3) is 3.42. The number of H-pyrrole nitrogens is 1. The van der Waals surface area contributed by atoms with Crippen LogP contribution in [0.4, 0.5) is 5.82 Å². The van der Waals surface area contributed by atoms with E-state index in [4.69, 9.17) is 0 Å². The van der Waals surface area contributed by atoms with E-state index in [1.54, 1.807) is 4.90 Å². The third-order valence-corrected chi connectivity index (χ3v) is 10.9. The highest BCUT2D eigenvalue weighted by Gasteiger charge is 2.59. The van der Waals surface area contributed by atoms with Crippen LogP contribution >= 0.6 is 0 Å². The molecule has 1 aliphatic heterocycles. The zero-order chi connectivity index (χ0) is 22.6. The van der Waals surface area contributed by atoms with Gasteiger partial charge < -0.3 is 15.3 Å². The summed E-state index contributed by atoms with van der Waals surface area (Å²) in [4.78, 5) is 28.3. The zero-order valence-electron chi connectivity index (χ0n) is 19.0. The lowest BCUT2D eigenvalue weighted by Gasteiger charge is -2.34. The predicted molar refractivity (Wildman–Crippen MR) is 122 cm³/mol. The summed E-state index contributed by atoms with van der Waals surface area (Å²) in [5, 5.41) is 20.3. The summed E-state index contributed by atoms with van der Waals surface area (Å²) in [6, 6.07) is 9.35. The van der Waals surface area contributed by atoms with Gasteiger partial charge in [-0.2, -0.15) is 5.10 Å². The standard InChI is InChI=1S/C23H32N4O3Si/c1-22(2)18-16(13-27(22)20(29)17(14-28)15-9-7-6-8-10-15)19(26-25-18)24-21(30)23(11-12-23)31(3,4)5/h6-10,17,28H,11-14H2,1-5H3,(H2,24,25,26,30)/t17-/m1/s1. The molecule has 1 saturated carbocycles. The Bertz CT molecular complexity index is 1010. The van der Waals surface area contributed by atoms with Crippen LogP contribution in [0, 0.1) is 0 Å². The highest BCUT2D eigenvalue weighted by molar-refractivity contribution is 6.83. The summed E-state index contributed by atoms with van der Waals surface area (Å²) in [5.74, 6) is -0.187. The molecule has 1 fully saturated rings. The van der Waals surface area contributed by atoms with Gasteiger partial charge in [0.1, 0.15) is 0 Å². The van der Waals surface area contributed by atoms with Gasteiger partial charge in [-0.3, -0.25) is 14.7 Å². The predicted octanol–water partition coefficient (Wildman–Crippen LogP) is 3.57. The molecule has 2 aromatic rings. The van der Waals surface area contributed by atoms with E-state index < -0.39 is 19.5 Å². The van der Waals surface area contributed by atoms with Crippen LogP contribution in [0.3, 0.4) is 0 Å². The van der Waals surface area contributed by atoms with E-state index in [-0.39, 0.29) is 23.5 Å². The fraction of sp³-hybridized carbons (Fsp3) is 0.522. The van der Waals surface area contributed by atoms with Gasteiger partial charge in [0, 0.05) is 10.6 Å². The number of fused-ring (bicyclic) bond motifs is 1. The maximum atomic E-state index is 13.4. The third-order valence-electron chi connectivity index (χ3n) is 7.27. The molecule has 0 spiro atoms. The molecule has 2 aliphatic rings. The van der Waals surface area contributed by atoms with Crippen molar-refractivity contribution in [2.24, 2.45) is 0 Å². The van der Waals surface area contributed by atoms with Gasteiger partial charge in [-0.25, -0.2) is 0 Å². The number of nitrogens with zero attached hydrogens (tertiary/aromatic N) is 2. The maximum absolute atomic E-state index is 13.4. The van der Waals surface area contributed by atoms with Crippen molar-refractivity contribution in [3.63, 3.8) is 0 Å². The molecule has 3 N–H and O–H groups in total. The number of aliphatic hydroxyl groups is 1. The molecule has 0 unspecified atom stereocenters. The van der Waals surface area contributed by atoms with Crippen molar-refractivity contribution in [3.05, 3.63) is 47.2 Å². The number of hydrogen-bond donors (Lipinski definition) is 3. The lowest BCUT2D eigenvalue weighted by Crippen LogP contribution is -2.44. The van der Waals surface area contributed by atoms with Crippen LogP contribution in [0.25, 0.3) is 0 Å². The van der Waals surface area contributed by atoms with Gasteiger partial charge in [-0.1, -0.05) is 50.0 Å². The molecule has 1 aliphatic carbocycles. The highest BCUT2D eigenvalue weighted by atomic mass is 28.3. The summed E-state index contributed by atoms with van der Waals surface area (Å²) < 4.78 is 0. The first-order valence-corrected chi connectivity index (χ1v) is 14.4. The topological polar surface area (TPSA) is 98.3 Å². The second-order valence-electron chi connectivity index (χ2n) is 10.3. The Labute approximate surface area is 184 Å². The van der Waals surface area contributed by atoms with Gasteiger partial charge in [0.15, 0.2) is 5.82 Å². The number of benzene rings is 1. The van der Waals surface area contributed by atoms with Crippen molar-refractivity contribution in [1.82, 2.24) is 15.1 Å². The second kappa shape index (κ2) is 7.31. The number of rotatable bonds is 6. The van der Waals surface area contributed by atoms with E-state index >= 15 is 0 Å². The Kier molecular flexibility index (Phi) is 5.13. The molecule has 2 heterocycles. The van der Waals surface area contributed by atoms with Crippen LogP contribution in [0.2, 0.25) is 24.7 Å². The van der Waals surface area contributed by atoms with Crippen LogP contribution < -0.4 is 5.32 Å². The van der Waals surface area contributed by atoms with E-state index in [0.29, 0.717) is 12.4 Å². The molecule has 1 aromatic heterocycles. The Morgan fingerprint density at radius 2 is 1.87 bits per heavy atom. The highest BCUT2D eigenvalue weighted by Crippen LogP contribution is 2.61. The SMILES string of the molecule is CC1(C)c2[nH]nc(NC(=O)C3([Si](C)(C)C)CC3)c2CN1C(=O)[C@H](CO)c1ccccc1. The minimum absolute atomic E-state index is 0.0565. The molecule has 4 rings (SSSR count). The monoisotopic (exact) mass is 440 g/mol. The number of amides is 2. The van der Waals surface area contributed by atoms with Crippen molar-refractivity contribution in [2.45, 2.75) is 69.4 Å². The summed E-state index contributed by atoms with van der Waals surface area (Å²) in [6.45, 7) is 10.7. The average molecular weight is 441 g/mol. The van der Waals surface area contributed by atoms with Gasteiger partial charge in [0.2, 0.25) is 11.8 Å². The molecule has 7 nitrogen and oxygen atoms in total. The molecule has 166 valence electrons. The number of nitrogens with one attached hydrogen (secondary N) is 2. The van der Waals surface area contributed by atoms with Gasteiger partial charge >= 0.3 is 0 Å². The summed E-state index contributed by atoms with van der Waals surface area (Å²) in [5.41, 5.74) is 1.85. The molecular formula is C23H32N4O3Si. The Balaban J connectivity index is 1.58. The van der Waals surface area contributed by atoms with Crippen molar-refractivity contribution in [1.29, 1.82) is 0 Å². The van der Waals surface area contributed by atoms with Crippen LogP contribution in [0.5, 0.6) is 0 Å². The molecule has 0 radical (unpaired) electrons. The maximum Gasteiger partial charge on any atom is 0.233 e. The molecule has 0 bridgehead atoms. The quantitative estimate of drug-likeness (QED) is 0.598. The van der Waals surface area contributed by atoms with Gasteiger partial charge in [0.25, 0.3) is 0 Å². The lowest BCUT2D eigenvalue weighted by molar-refractivity contribution is -0.139. The largest absolute Gasteiger partial charge is 0.395 e. The molecule has 2 amide bonds. The Morgan fingerprint density at radius 3 is 2.42 bits per heavy atom. The van der Waals surface area contributed by atoms with E-state index in [1.807, 2.05) is 44.2 Å². The number of aromatic nitrogens is 2. The number of hydrogen-bond acceptors (Lipinski definition) is 4. The first-order valence-electron chi connectivity index (χ1n) is 10.9. The van der Waals surface area contributed by atoms with E-state index in [9.17, 15) is 14.7 Å². The van der Waals surface area contributed by atoms with Crippen molar-refractivity contribution in [3.8, 4) is 0 Å². The molecule has 1 aromatic carbocycles. The summed E-state index contributed by atoms with van der Waals surface area (Å²) in [7, 11) is -1.66. The number of aliphatic hydroxyl groups excluding tert-OH is 1. The van der Waals surface area contributed by atoms with Gasteiger partial charge in [-0.15, -0.1) is 0 Å². The first-order chi connectivity index (χ1) is 14.5. The van der Waals surface area contributed by atoms with Gasteiger partial charge in [-0.05, 0) is 32.3 Å². The van der Waals surface area contributed by atoms with Crippen molar-refractivity contribution < 1.29 is 14.7 Å². The summed E-state index contributed by atoms with van der Waals surface area (Å²) in [6.07, 6.45) is 1.87. The minimum Gasteiger partial charge on any atom is -0.395 e. The number of carbonyl (C=O) groups excluding carboxylic acids is 2. The Morgan fingerprint density at radius 1 is 1.23 bits per heavy atom. The molecule has 1 atom stereocenters. The average Bonchev–Trinajstić information content (AvgIpc) is 3.38. The molecule has 0 saturated heterocycles. The fourth-order valence-corrected chi connectivity index (χ4v) is 7.21. The first kappa shape index (κ1) is 21.8. The lowest BCUT2D eigenvalue weighted by atomic mass is 9.95.